The van der Waals surface area contributed by atoms with Crippen LogP contribution < -0.4 is 13.6 Å². The molecule has 68 heavy (non-hydrogen) atoms. The van der Waals surface area contributed by atoms with Gasteiger partial charge in [0, 0.05) is 0 Å². The van der Waals surface area contributed by atoms with E-state index in [1.165, 1.54) is 103 Å². The molecule has 0 bridgehead atoms. The summed E-state index contributed by atoms with van der Waals surface area (Å²) in [7, 11) is 18.6. The van der Waals surface area contributed by atoms with E-state index in [4.69, 9.17) is 0 Å². The van der Waals surface area contributed by atoms with Crippen molar-refractivity contribution in [2.24, 2.45) is 11.8 Å². The number of halogens is 2. The third kappa shape index (κ3) is 7.85. The topological polar surface area (TPSA) is 0 Å². The van der Waals surface area contributed by atoms with Crippen molar-refractivity contribution in [1.82, 2.24) is 0 Å². The number of hydrogen-bond donors (Lipinski definition) is 0. The van der Waals surface area contributed by atoms with Gasteiger partial charge in [0.2, 0.25) is 0 Å². The van der Waals surface area contributed by atoms with Crippen LogP contribution in [0.5, 0.6) is 0 Å². The van der Waals surface area contributed by atoms with E-state index in [0.717, 1.165) is 12.8 Å². The monoisotopic (exact) mass is 1030 g/mol. The molecule has 0 spiro atoms. The van der Waals surface area contributed by atoms with Gasteiger partial charge in [-0.2, -0.15) is 0 Å². The van der Waals surface area contributed by atoms with E-state index in [9.17, 15) is 17.0 Å². The molecule has 0 radical (unpaired) electrons. The number of hydrogen-bond acceptors (Lipinski definition) is 0. The second kappa shape index (κ2) is 18.0. The minimum atomic E-state index is -5.89. The Bertz CT molecular complexity index is 2870. The zero-order valence-corrected chi connectivity index (χ0v) is 48.8. The molecular weight excluding hydrogens is 959 g/mol. The van der Waals surface area contributed by atoms with Crippen LogP contribution in [-0.4, -0.2) is 9.52 Å². The first-order valence-electron chi connectivity index (χ1n) is 25.9. The molecule has 2 aliphatic carbocycles. The molecule has 9 rings (SSSR count). The van der Waals surface area contributed by atoms with Crippen LogP contribution in [0.4, 0.5) is 0 Å². The maximum atomic E-state index is 9.74. The van der Waals surface area contributed by atoms with Gasteiger partial charge in [0.25, 0.3) is 0 Å². The van der Waals surface area contributed by atoms with Gasteiger partial charge >= 0.3 is 425 Å². The van der Waals surface area contributed by atoms with Gasteiger partial charge in [-0.1, -0.05) is 0 Å². The Balaban J connectivity index is 1.46. The van der Waals surface area contributed by atoms with Gasteiger partial charge in [-0.05, 0) is 0 Å². The molecule has 0 aromatic heterocycles. The standard InChI is InChI=1S/2C26H33.C12H9Si.2ClH.Zr/c2*1-8-18(4)20-15-19-13-14-24(26(5,6)7)25(23(19)16-20)22-12-10-9-11-21(22)17(2)3;1-3-7-11-9(5-1)10-6-2-4-8-12(10)13-11;;;/h2*9-18H,8H2,1-7H3;1-7H,13H2;2*1H;/q;;;;;+2/p-2. The molecule has 6 aromatic carbocycles. The van der Waals surface area contributed by atoms with Crippen LogP contribution in [0.3, 0.4) is 0 Å². The number of benzene rings is 6. The van der Waals surface area contributed by atoms with E-state index in [1.54, 1.807) is 0 Å². The first-order chi connectivity index (χ1) is 32.1. The van der Waals surface area contributed by atoms with Crippen molar-refractivity contribution in [2.45, 2.75) is 140 Å². The van der Waals surface area contributed by atoms with Crippen molar-refractivity contribution >= 4 is 52.3 Å². The third-order valence-electron chi connectivity index (χ3n) is 16.6. The summed E-state index contributed by atoms with van der Waals surface area (Å²) in [5, 5.41) is 2.98. The molecule has 4 atom stereocenters. The molecule has 3 aliphatic rings. The zero-order chi connectivity index (χ0) is 48.9. The molecule has 0 N–H and O–H groups in total. The predicted molar refractivity (Wildman–Crippen MR) is 301 cm³/mol. The first kappa shape index (κ1) is 49.5. The normalized spacial score (nSPS) is 18.5. The van der Waals surface area contributed by atoms with E-state index in [0.29, 0.717) is 11.8 Å². The Hall–Kier alpha value is -3.52. The molecule has 353 valence electrons. The fourth-order valence-corrected chi connectivity index (χ4v) is 40.8. The zero-order valence-electron chi connectivity index (χ0n) is 43.5. The molecule has 0 saturated heterocycles. The SMILES string of the molecule is CCC(C)C1=Cc2c(ccc(C(C)(C)C)c2-c2ccccc2C(C)C)[CH]1[Zr]([Cl])([Cl])([c]1cccc2c1[SiH2]c1ccccc1-2)[CH]1C(C(C)CC)=Cc2c1ccc(C(C)(C)C)c2-c1ccccc1C(C)C. The van der Waals surface area contributed by atoms with Gasteiger partial charge in [-0.25, -0.2) is 0 Å². The van der Waals surface area contributed by atoms with Crippen molar-refractivity contribution in [2.75, 3.05) is 0 Å². The molecule has 1 heterocycles. The fraction of sp³-hybridized carbons (Fsp3) is 0.375. The maximum absolute atomic E-state index is 9.74. The Morgan fingerprint density at radius 3 is 1.34 bits per heavy atom. The Morgan fingerprint density at radius 1 is 0.500 bits per heavy atom. The van der Waals surface area contributed by atoms with Gasteiger partial charge in [0.15, 0.2) is 0 Å². The van der Waals surface area contributed by atoms with Crippen LogP contribution in [0.25, 0.3) is 45.5 Å². The van der Waals surface area contributed by atoms with Crippen LogP contribution in [0.1, 0.15) is 173 Å². The summed E-state index contributed by atoms with van der Waals surface area (Å²) in [4.78, 5) is 0. The van der Waals surface area contributed by atoms with Crippen LogP contribution in [0.2, 0.25) is 0 Å². The molecule has 0 saturated carbocycles. The molecule has 4 heteroatoms. The summed E-state index contributed by atoms with van der Waals surface area (Å²) in [6, 6.07) is 44.6. The first-order valence-corrected chi connectivity index (χ1v) is 37.7. The molecule has 0 amide bonds. The average molecular weight is 1030 g/mol. The second-order valence-corrected chi connectivity index (χ2v) is 46.0. The quantitative estimate of drug-likeness (QED) is 0.113. The van der Waals surface area contributed by atoms with Crippen LogP contribution in [0, 0.1) is 11.8 Å². The van der Waals surface area contributed by atoms with Crippen molar-refractivity contribution in [3.05, 3.63) is 171 Å². The summed E-state index contributed by atoms with van der Waals surface area (Å²) >= 11 is -5.89. The minimum absolute atomic E-state index is 0.0984. The fourth-order valence-electron chi connectivity index (χ4n) is 12.8. The van der Waals surface area contributed by atoms with E-state index < -0.39 is 25.9 Å². The second-order valence-electron chi connectivity index (χ2n) is 23.6. The number of fused-ring (bicyclic) bond motifs is 5. The van der Waals surface area contributed by atoms with Crippen molar-refractivity contribution in [3.63, 3.8) is 0 Å². The molecule has 0 nitrogen and oxygen atoms in total. The summed E-state index contributed by atoms with van der Waals surface area (Å²) in [5.41, 5.74) is 21.6. The number of rotatable bonds is 11. The van der Waals surface area contributed by atoms with Crippen LogP contribution in [-0.2, 0) is 27.2 Å². The van der Waals surface area contributed by atoms with E-state index >= 15 is 0 Å². The van der Waals surface area contributed by atoms with Crippen LogP contribution >= 0.6 is 17.0 Å². The Labute approximate surface area is 421 Å². The average Bonchev–Trinajstić information content (AvgIpc) is 4.03. The van der Waals surface area contributed by atoms with E-state index in [1.807, 2.05) is 0 Å². The molecule has 6 aromatic rings. The molecule has 4 unspecified atom stereocenters. The van der Waals surface area contributed by atoms with Gasteiger partial charge in [0.1, 0.15) is 0 Å². The summed E-state index contributed by atoms with van der Waals surface area (Å²) in [5.74, 6) is 1.26. The summed E-state index contributed by atoms with van der Waals surface area (Å²) in [6.45, 7) is 33.3. The molecule has 1 aliphatic heterocycles. The van der Waals surface area contributed by atoms with Crippen molar-refractivity contribution < 1.29 is 16.4 Å². The molecule has 0 fully saturated rings. The number of allylic oxidation sites excluding steroid dienone is 2. The van der Waals surface area contributed by atoms with Gasteiger partial charge in [0.05, 0.1) is 0 Å². The summed E-state index contributed by atoms with van der Waals surface area (Å²) in [6.07, 6.45) is 7.26. The predicted octanol–water partition coefficient (Wildman–Crippen LogP) is 17.0. The van der Waals surface area contributed by atoms with Crippen molar-refractivity contribution in [3.8, 4) is 33.4 Å². The van der Waals surface area contributed by atoms with E-state index in [2.05, 4.69) is 224 Å². The molecular formula is C64H75Cl2SiZr. The Morgan fingerprint density at radius 2 is 0.912 bits per heavy atom. The van der Waals surface area contributed by atoms with Crippen molar-refractivity contribution in [1.29, 1.82) is 0 Å². The van der Waals surface area contributed by atoms with Crippen LogP contribution in [0.15, 0.2) is 126 Å². The van der Waals surface area contributed by atoms with Gasteiger partial charge in [-0.15, -0.1) is 0 Å². The van der Waals surface area contributed by atoms with Gasteiger partial charge < -0.3 is 0 Å². The van der Waals surface area contributed by atoms with E-state index in [-0.39, 0.29) is 29.9 Å². The third-order valence-corrected chi connectivity index (χ3v) is 39.2. The summed E-state index contributed by atoms with van der Waals surface area (Å²) < 4.78 is 1.01. The Kier molecular flexibility index (Phi) is 13.1. The van der Waals surface area contributed by atoms with Gasteiger partial charge in [-0.3, -0.25) is 0 Å².